The van der Waals surface area contributed by atoms with Crippen LogP contribution in [-0.2, 0) is 13.0 Å². The molecule has 0 aliphatic heterocycles. The number of ether oxygens (including phenoxy) is 1. The van der Waals surface area contributed by atoms with Gasteiger partial charge in [-0.1, -0.05) is 6.92 Å². The number of aromatic carboxylic acids is 1. The number of aromatic nitrogens is 2. The fraction of sp³-hybridized carbons (Fsp3) is 0.312. The first kappa shape index (κ1) is 16.9. The molecule has 2 heterocycles. The highest BCUT2D eigenvalue weighted by Gasteiger charge is 2.25. The second-order valence-electron chi connectivity index (χ2n) is 5.23. The van der Waals surface area contributed by atoms with Gasteiger partial charge in [0.05, 0.1) is 16.6 Å². The van der Waals surface area contributed by atoms with Crippen LogP contribution in [0.15, 0.2) is 21.3 Å². The van der Waals surface area contributed by atoms with Crippen molar-refractivity contribution < 1.29 is 27.8 Å². The molecule has 9 heteroatoms. The van der Waals surface area contributed by atoms with Crippen LogP contribution in [0.25, 0.3) is 21.9 Å². The summed E-state index contributed by atoms with van der Waals surface area (Å²) in [5.41, 5.74) is -0.646. The average molecular weight is 352 g/mol. The van der Waals surface area contributed by atoms with Crippen LogP contribution >= 0.6 is 0 Å². The molecule has 132 valence electrons. The van der Waals surface area contributed by atoms with Crippen LogP contribution < -0.4 is 10.3 Å². The van der Waals surface area contributed by atoms with E-state index in [1.807, 2.05) is 0 Å². The van der Waals surface area contributed by atoms with Crippen molar-refractivity contribution in [1.82, 2.24) is 9.78 Å². The monoisotopic (exact) mass is 352 g/mol. The van der Waals surface area contributed by atoms with E-state index < -0.39 is 18.1 Å². The quantitative estimate of drug-likeness (QED) is 0.758. The number of rotatable bonds is 5. The predicted octanol–water partition coefficient (Wildman–Crippen LogP) is 3.02. The zero-order valence-corrected chi connectivity index (χ0v) is 13.4. The van der Waals surface area contributed by atoms with Crippen LogP contribution in [0.1, 0.15) is 29.9 Å². The van der Waals surface area contributed by atoms with E-state index >= 15 is 0 Å². The number of carboxylic acids is 1. The third-order valence-electron chi connectivity index (χ3n) is 3.84. The number of fused-ring (bicyclic) bond motifs is 3. The van der Waals surface area contributed by atoms with Gasteiger partial charge in [-0.3, -0.25) is 4.79 Å². The van der Waals surface area contributed by atoms with Crippen molar-refractivity contribution in [2.75, 3.05) is 0 Å². The zero-order valence-electron chi connectivity index (χ0n) is 13.4. The Morgan fingerprint density at radius 1 is 1.32 bits per heavy atom. The van der Waals surface area contributed by atoms with Gasteiger partial charge in [0, 0.05) is 11.9 Å². The number of aryl methyl sites for hydroxylation is 2. The molecule has 2 aromatic heterocycles. The highest BCUT2D eigenvalue weighted by atomic mass is 19.3. The van der Waals surface area contributed by atoms with Gasteiger partial charge >= 0.3 is 18.1 Å². The molecule has 0 amide bonds. The molecule has 1 N–H and O–H groups in total. The van der Waals surface area contributed by atoms with Crippen molar-refractivity contribution in [1.29, 1.82) is 0 Å². The molecule has 0 bridgehead atoms. The summed E-state index contributed by atoms with van der Waals surface area (Å²) < 4.78 is 36.4. The topological polar surface area (TPSA) is 94.6 Å². The molecule has 0 aliphatic carbocycles. The van der Waals surface area contributed by atoms with Gasteiger partial charge in [-0.25, -0.2) is 9.48 Å². The van der Waals surface area contributed by atoms with E-state index in [2.05, 4.69) is 9.84 Å². The maximum atomic E-state index is 12.6. The lowest BCUT2D eigenvalue weighted by Crippen LogP contribution is -2.23. The number of furan rings is 1. The van der Waals surface area contributed by atoms with E-state index in [-0.39, 0.29) is 39.8 Å². The smallest absolute Gasteiger partial charge is 0.387 e. The van der Waals surface area contributed by atoms with Crippen LogP contribution in [0.4, 0.5) is 8.78 Å². The lowest BCUT2D eigenvalue weighted by Gasteiger charge is -2.07. The fourth-order valence-corrected chi connectivity index (χ4v) is 2.79. The molecule has 0 radical (unpaired) electrons. The average Bonchev–Trinajstić information content (AvgIpc) is 2.96. The molecule has 0 atom stereocenters. The van der Waals surface area contributed by atoms with E-state index in [0.717, 1.165) is 12.1 Å². The molecular formula is C16H14F2N2O5. The van der Waals surface area contributed by atoms with Gasteiger partial charge in [0.15, 0.2) is 11.3 Å². The van der Waals surface area contributed by atoms with Crippen molar-refractivity contribution in [3.05, 3.63) is 33.7 Å². The molecule has 3 aromatic rings. The van der Waals surface area contributed by atoms with Gasteiger partial charge in [-0.2, -0.15) is 13.9 Å². The van der Waals surface area contributed by atoms with Crippen molar-refractivity contribution in [2.24, 2.45) is 0 Å². The molecule has 3 rings (SSSR count). The first-order valence-corrected chi connectivity index (χ1v) is 7.56. The van der Waals surface area contributed by atoms with Crippen LogP contribution in [0.2, 0.25) is 0 Å². The largest absolute Gasteiger partial charge is 0.478 e. The summed E-state index contributed by atoms with van der Waals surface area (Å²) in [6, 6.07) is 2.22. The molecular weight excluding hydrogens is 338 g/mol. The molecule has 0 saturated carbocycles. The normalized spacial score (nSPS) is 11.6. The minimum Gasteiger partial charge on any atom is -0.478 e. The number of carbonyl (C=O) groups is 1. The molecule has 1 aromatic carbocycles. The summed E-state index contributed by atoms with van der Waals surface area (Å²) in [6.45, 7) is 0.662. The molecule has 0 fully saturated rings. The second kappa shape index (κ2) is 6.15. The van der Waals surface area contributed by atoms with E-state index in [1.165, 1.54) is 4.68 Å². The van der Waals surface area contributed by atoms with Gasteiger partial charge in [-0.15, -0.1) is 0 Å². The summed E-state index contributed by atoms with van der Waals surface area (Å²) in [5, 5.41) is 13.9. The zero-order chi connectivity index (χ0) is 18.3. The number of benzene rings is 1. The third kappa shape index (κ3) is 2.61. The molecule has 7 nitrogen and oxygen atoms in total. The van der Waals surface area contributed by atoms with Crippen LogP contribution in [0.5, 0.6) is 5.75 Å². The van der Waals surface area contributed by atoms with Gasteiger partial charge < -0.3 is 14.3 Å². The van der Waals surface area contributed by atoms with Gasteiger partial charge in [0.25, 0.3) is 0 Å². The minimum atomic E-state index is -3.12. The number of hydrogen-bond donors (Lipinski definition) is 1. The van der Waals surface area contributed by atoms with Crippen molar-refractivity contribution in [3.8, 4) is 5.75 Å². The Hall–Kier alpha value is -2.97. The lowest BCUT2D eigenvalue weighted by molar-refractivity contribution is -0.0493. The van der Waals surface area contributed by atoms with Crippen molar-refractivity contribution in [2.45, 2.75) is 33.4 Å². The predicted molar refractivity (Wildman–Crippen MR) is 84.4 cm³/mol. The minimum absolute atomic E-state index is 0.0327. The van der Waals surface area contributed by atoms with Crippen molar-refractivity contribution >= 4 is 27.9 Å². The number of nitrogens with zero attached hydrogens (tertiary/aromatic N) is 2. The summed E-state index contributed by atoms with van der Waals surface area (Å²) >= 11 is 0. The Kier molecular flexibility index (Phi) is 4.15. The highest BCUT2D eigenvalue weighted by molar-refractivity contribution is 6.16. The Morgan fingerprint density at radius 3 is 2.60 bits per heavy atom. The lowest BCUT2D eigenvalue weighted by atomic mass is 10.0. The Bertz CT molecular complexity index is 1040. The number of alkyl halides is 2. The molecule has 0 saturated heterocycles. The summed E-state index contributed by atoms with van der Waals surface area (Å²) in [5.74, 6) is -1.62. The molecule has 0 spiro atoms. The van der Waals surface area contributed by atoms with E-state index in [0.29, 0.717) is 12.1 Å². The first-order chi connectivity index (χ1) is 11.9. The van der Waals surface area contributed by atoms with Crippen LogP contribution in [0, 0.1) is 0 Å². The standard InChI is InChI=1S/C16H14F2N2O5/c1-3-8-11-10-7(15(22)23)5-6-9(24-16(17)18)12(10)25-13(11)14(21)20(4-2)19-8/h5-6,16H,3-4H2,1-2H3,(H,22,23). The van der Waals surface area contributed by atoms with Gasteiger partial charge in [0.2, 0.25) is 5.58 Å². The number of carboxylic acid groups (broad SMARTS) is 1. The SMILES string of the molecule is CCc1nn(CC)c(=O)c2oc3c(OC(F)F)ccc(C(=O)O)c3c12. The molecule has 0 unspecified atom stereocenters. The molecule has 25 heavy (non-hydrogen) atoms. The van der Waals surface area contributed by atoms with Crippen molar-refractivity contribution in [3.63, 3.8) is 0 Å². The number of halogens is 2. The molecule has 0 aliphatic rings. The Labute approximate surface area is 139 Å². The van der Waals surface area contributed by atoms with Crippen LogP contribution in [0.3, 0.4) is 0 Å². The maximum Gasteiger partial charge on any atom is 0.387 e. The number of hydrogen-bond acceptors (Lipinski definition) is 5. The van der Waals surface area contributed by atoms with E-state index in [9.17, 15) is 23.5 Å². The second-order valence-corrected chi connectivity index (χ2v) is 5.23. The van der Waals surface area contributed by atoms with E-state index in [4.69, 9.17) is 4.42 Å². The first-order valence-electron chi connectivity index (χ1n) is 7.56. The Morgan fingerprint density at radius 2 is 2.04 bits per heavy atom. The summed E-state index contributed by atoms with van der Waals surface area (Å²) in [4.78, 5) is 24.0. The fourth-order valence-electron chi connectivity index (χ4n) is 2.79. The highest BCUT2D eigenvalue weighted by Crippen LogP contribution is 2.37. The van der Waals surface area contributed by atoms with Crippen LogP contribution in [-0.4, -0.2) is 27.5 Å². The Balaban J connectivity index is 2.55. The summed E-state index contributed by atoms with van der Waals surface area (Å²) in [6.07, 6.45) is 0.393. The van der Waals surface area contributed by atoms with E-state index in [1.54, 1.807) is 13.8 Å². The van der Waals surface area contributed by atoms with Gasteiger partial charge in [-0.05, 0) is 25.5 Å². The third-order valence-corrected chi connectivity index (χ3v) is 3.84. The van der Waals surface area contributed by atoms with Gasteiger partial charge in [0.1, 0.15) is 0 Å². The maximum absolute atomic E-state index is 12.6. The summed E-state index contributed by atoms with van der Waals surface area (Å²) in [7, 11) is 0.